The van der Waals surface area contributed by atoms with Gasteiger partial charge < -0.3 is 20.5 Å². The number of guanidine groups is 1. The van der Waals surface area contributed by atoms with Gasteiger partial charge in [0.25, 0.3) is 0 Å². The van der Waals surface area contributed by atoms with E-state index in [0.717, 1.165) is 36.1 Å². The summed E-state index contributed by atoms with van der Waals surface area (Å²) < 4.78 is 0. The molecule has 0 saturated carbocycles. The van der Waals surface area contributed by atoms with Crippen LogP contribution in [0.3, 0.4) is 0 Å². The van der Waals surface area contributed by atoms with Gasteiger partial charge >= 0.3 is 0 Å². The predicted octanol–water partition coefficient (Wildman–Crippen LogP) is 2.23. The number of likely N-dealkylation sites (tertiary alicyclic amines) is 1. The number of piperidine rings is 1. The lowest BCUT2D eigenvalue weighted by Gasteiger charge is -2.26. The van der Waals surface area contributed by atoms with Crippen molar-refractivity contribution in [3.8, 4) is 11.3 Å². The summed E-state index contributed by atoms with van der Waals surface area (Å²) in [5.41, 5.74) is 2.18. The van der Waals surface area contributed by atoms with Crippen molar-refractivity contribution in [2.75, 3.05) is 33.2 Å². The SMILES string of the molecule is CN=C(NCCN1CCCCC1)NCc1ncc(-c2ccccc2)[nH]1. The summed E-state index contributed by atoms with van der Waals surface area (Å²) in [6, 6.07) is 10.2. The first-order valence-corrected chi connectivity index (χ1v) is 9.11. The van der Waals surface area contributed by atoms with Crippen molar-refractivity contribution in [3.05, 3.63) is 42.4 Å². The number of nitrogens with one attached hydrogen (secondary N) is 3. The highest BCUT2D eigenvalue weighted by Crippen LogP contribution is 2.15. The molecule has 0 spiro atoms. The Balaban J connectivity index is 1.43. The Hall–Kier alpha value is -2.34. The van der Waals surface area contributed by atoms with Gasteiger partial charge in [0.15, 0.2) is 5.96 Å². The molecule has 1 aromatic carbocycles. The Morgan fingerprint density at radius 3 is 2.72 bits per heavy atom. The van der Waals surface area contributed by atoms with Crippen LogP contribution < -0.4 is 10.6 Å². The second kappa shape index (κ2) is 9.22. The number of aliphatic imine (C=N–C) groups is 1. The van der Waals surface area contributed by atoms with Gasteiger partial charge in [-0.25, -0.2) is 4.98 Å². The Labute approximate surface area is 149 Å². The van der Waals surface area contributed by atoms with Crippen molar-refractivity contribution in [1.82, 2.24) is 25.5 Å². The van der Waals surface area contributed by atoms with Gasteiger partial charge in [0, 0.05) is 20.1 Å². The van der Waals surface area contributed by atoms with E-state index in [2.05, 4.69) is 42.6 Å². The third-order valence-corrected chi connectivity index (χ3v) is 4.53. The molecule has 3 N–H and O–H groups in total. The van der Waals surface area contributed by atoms with Gasteiger partial charge in [-0.05, 0) is 31.5 Å². The fraction of sp³-hybridized carbons (Fsp3) is 0.474. The first kappa shape index (κ1) is 17.5. The van der Waals surface area contributed by atoms with E-state index < -0.39 is 0 Å². The molecule has 134 valence electrons. The lowest BCUT2D eigenvalue weighted by atomic mass is 10.1. The fourth-order valence-corrected chi connectivity index (χ4v) is 3.12. The number of H-pyrrole nitrogens is 1. The molecule has 1 aromatic heterocycles. The number of imidazole rings is 1. The molecule has 25 heavy (non-hydrogen) atoms. The molecule has 0 aliphatic carbocycles. The van der Waals surface area contributed by atoms with Crippen LogP contribution in [0.4, 0.5) is 0 Å². The standard InChI is InChI=1S/C19H28N6/c1-20-19(21-10-13-25-11-6-3-7-12-25)23-15-18-22-14-17(24-18)16-8-4-2-5-9-16/h2,4-5,8-9,14H,3,6-7,10-13,15H2,1H3,(H,22,24)(H2,20,21,23). The molecule has 6 nitrogen and oxygen atoms in total. The van der Waals surface area contributed by atoms with Crippen LogP contribution in [0.1, 0.15) is 25.1 Å². The number of hydrogen-bond donors (Lipinski definition) is 3. The molecule has 0 atom stereocenters. The fourth-order valence-electron chi connectivity index (χ4n) is 3.12. The second-order valence-electron chi connectivity index (χ2n) is 6.36. The highest BCUT2D eigenvalue weighted by Gasteiger charge is 2.09. The summed E-state index contributed by atoms with van der Waals surface area (Å²) in [4.78, 5) is 14.6. The number of benzene rings is 1. The average Bonchev–Trinajstić information content (AvgIpc) is 3.15. The number of aromatic nitrogens is 2. The minimum atomic E-state index is 0.621. The van der Waals surface area contributed by atoms with Gasteiger partial charge in [0.1, 0.15) is 5.82 Å². The molecule has 1 fully saturated rings. The Kier molecular flexibility index (Phi) is 6.45. The maximum absolute atomic E-state index is 4.44. The molecule has 0 amide bonds. The maximum atomic E-state index is 4.44. The smallest absolute Gasteiger partial charge is 0.191 e. The van der Waals surface area contributed by atoms with Gasteiger partial charge in [0.2, 0.25) is 0 Å². The molecule has 1 aliphatic rings. The van der Waals surface area contributed by atoms with Gasteiger partial charge in [-0.2, -0.15) is 0 Å². The summed E-state index contributed by atoms with van der Waals surface area (Å²) in [7, 11) is 1.80. The molecule has 2 aromatic rings. The van der Waals surface area contributed by atoms with Crippen LogP contribution >= 0.6 is 0 Å². The molecule has 0 unspecified atom stereocenters. The topological polar surface area (TPSA) is 68.3 Å². The van der Waals surface area contributed by atoms with Crippen molar-refractivity contribution in [2.45, 2.75) is 25.8 Å². The van der Waals surface area contributed by atoms with Gasteiger partial charge in [-0.3, -0.25) is 4.99 Å². The molecular weight excluding hydrogens is 312 g/mol. The lowest BCUT2D eigenvalue weighted by Crippen LogP contribution is -2.42. The number of rotatable bonds is 6. The summed E-state index contributed by atoms with van der Waals surface area (Å²) in [5, 5.41) is 6.70. The van der Waals surface area contributed by atoms with E-state index in [0.29, 0.717) is 6.54 Å². The first-order valence-electron chi connectivity index (χ1n) is 9.11. The normalized spacial score (nSPS) is 16.0. The quantitative estimate of drug-likeness (QED) is 0.557. The first-order chi connectivity index (χ1) is 12.3. The van der Waals surface area contributed by atoms with Gasteiger partial charge in [-0.1, -0.05) is 36.8 Å². The van der Waals surface area contributed by atoms with Crippen molar-refractivity contribution in [3.63, 3.8) is 0 Å². The zero-order valence-electron chi connectivity index (χ0n) is 15.0. The minimum Gasteiger partial charge on any atom is -0.355 e. The molecule has 2 heterocycles. The van der Waals surface area contributed by atoms with Crippen LogP contribution in [0, 0.1) is 0 Å². The Morgan fingerprint density at radius 2 is 1.96 bits per heavy atom. The van der Waals surface area contributed by atoms with Crippen LogP contribution in [0.2, 0.25) is 0 Å². The van der Waals surface area contributed by atoms with E-state index in [1.807, 2.05) is 24.4 Å². The van der Waals surface area contributed by atoms with E-state index in [-0.39, 0.29) is 0 Å². The molecule has 0 radical (unpaired) electrons. The third kappa shape index (κ3) is 5.32. The van der Waals surface area contributed by atoms with Crippen molar-refractivity contribution in [1.29, 1.82) is 0 Å². The minimum absolute atomic E-state index is 0.621. The largest absolute Gasteiger partial charge is 0.355 e. The van der Waals surface area contributed by atoms with E-state index >= 15 is 0 Å². The van der Waals surface area contributed by atoms with Crippen molar-refractivity contribution < 1.29 is 0 Å². The number of hydrogen-bond acceptors (Lipinski definition) is 3. The molecule has 1 aliphatic heterocycles. The third-order valence-electron chi connectivity index (χ3n) is 4.53. The van der Waals surface area contributed by atoms with Gasteiger partial charge in [-0.15, -0.1) is 0 Å². The van der Waals surface area contributed by atoms with E-state index in [4.69, 9.17) is 0 Å². The summed E-state index contributed by atoms with van der Waals surface area (Å²) >= 11 is 0. The molecule has 0 bridgehead atoms. The van der Waals surface area contributed by atoms with E-state index in [1.54, 1.807) is 7.05 Å². The summed E-state index contributed by atoms with van der Waals surface area (Å²) in [6.45, 7) is 5.05. The van der Waals surface area contributed by atoms with Crippen molar-refractivity contribution in [2.24, 2.45) is 4.99 Å². The molecule has 3 rings (SSSR count). The Morgan fingerprint density at radius 1 is 1.16 bits per heavy atom. The highest BCUT2D eigenvalue weighted by molar-refractivity contribution is 5.79. The Bertz CT molecular complexity index is 658. The van der Waals surface area contributed by atoms with Crippen LogP contribution in [0.15, 0.2) is 41.5 Å². The van der Waals surface area contributed by atoms with Crippen LogP contribution in [-0.2, 0) is 6.54 Å². The van der Waals surface area contributed by atoms with Crippen LogP contribution in [-0.4, -0.2) is 54.1 Å². The van der Waals surface area contributed by atoms with Crippen LogP contribution in [0.5, 0.6) is 0 Å². The molecule has 6 heteroatoms. The monoisotopic (exact) mass is 340 g/mol. The van der Waals surface area contributed by atoms with E-state index in [1.165, 1.54) is 32.4 Å². The number of nitrogens with zero attached hydrogens (tertiary/aromatic N) is 3. The molecular formula is C19H28N6. The second-order valence-corrected chi connectivity index (χ2v) is 6.36. The average molecular weight is 340 g/mol. The van der Waals surface area contributed by atoms with Crippen molar-refractivity contribution >= 4 is 5.96 Å². The highest BCUT2D eigenvalue weighted by atomic mass is 15.2. The lowest BCUT2D eigenvalue weighted by molar-refractivity contribution is 0.232. The maximum Gasteiger partial charge on any atom is 0.191 e. The van der Waals surface area contributed by atoms with Gasteiger partial charge in [0.05, 0.1) is 18.4 Å². The van der Waals surface area contributed by atoms with Crippen LogP contribution in [0.25, 0.3) is 11.3 Å². The summed E-state index contributed by atoms with van der Waals surface area (Å²) in [6.07, 6.45) is 5.91. The van der Waals surface area contributed by atoms with E-state index in [9.17, 15) is 0 Å². The predicted molar refractivity (Wildman–Crippen MR) is 103 cm³/mol. The summed E-state index contributed by atoms with van der Waals surface area (Å²) in [5.74, 6) is 1.72. The number of aromatic amines is 1. The zero-order chi connectivity index (χ0) is 17.3. The zero-order valence-corrected chi connectivity index (χ0v) is 15.0. The molecule has 1 saturated heterocycles.